The third kappa shape index (κ3) is 4.76. The number of hydrogen-bond donors (Lipinski definition) is 0. The molecule has 0 N–H and O–H groups in total. The first-order chi connectivity index (χ1) is 7.18. The smallest absolute Gasteiger partial charge is 1.00 e. The van der Waals surface area contributed by atoms with Crippen molar-refractivity contribution in [2.45, 2.75) is 26.7 Å². The summed E-state index contributed by atoms with van der Waals surface area (Å²) in [5.41, 5.74) is 5.92. The van der Waals surface area contributed by atoms with Crippen LogP contribution < -0.4 is 37.2 Å². The summed E-state index contributed by atoms with van der Waals surface area (Å²) in [6.07, 6.45) is 6.76. The van der Waals surface area contributed by atoms with E-state index in [1.54, 1.807) is 5.57 Å². The first-order valence-electron chi connectivity index (χ1n) is 5.33. The minimum absolute atomic E-state index is 0. The van der Waals surface area contributed by atoms with Crippen LogP contribution in [0.4, 0.5) is 0 Å². The average molecular weight is 338 g/mol. The van der Waals surface area contributed by atoms with Crippen molar-refractivity contribution >= 4 is 0 Å². The topological polar surface area (TPSA) is 0 Å². The molecule has 0 nitrogen and oxygen atoms in total. The summed E-state index contributed by atoms with van der Waals surface area (Å²) in [5.74, 6) is 0. The zero-order valence-corrected chi connectivity index (χ0v) is 14.3. The van der Waals surface area contributed by atoms with E-state index < -0.39 is 0 Å². The van der Waals surface area contributed by atoms with E-state index in [4.69, 9.17) is 0 Å². The van der Waals surface area contributed by atoms with Gasteiger partial charge in [0, 0.05) is 0 Å². The Morgan fingerprint density at radius 3 is 2.06 bits per heavy atom. The zero-order chi connectivity index (χ0) is 10.8. The van der Waals surface area contributed by atoms with Crippen LogP contribution in [0.25, 0.3) is 0 Å². The Balaban J connectivity index is 0. The molecule has 1 aromatic carbocycles. The number of halogens is 3. The normalized spacial score (nSPS) is 12.7. The van der Waals surface area contributed by atoms with E-state index in [-0.39, 0.29) is 37.2 Å². The fraction of sp³-hybridized carbons (Fsp3) is 0.286. The van der Waals surface area contributed by atoms with Gasteiger partial charge < -0.3 is 37.2 Å². The number of hydrogen-bond acceptors (Lipinski definition) is 0. The molecule has 0 saturated carbocycles. The van der Waals surface area contributed by atoms with Crippen molar-refractivity contribution in [1.82, 2.24) is 0 Å². The quantitative estimate of drug-likeness (QED) is 0.473. The van der Waals surface area contributed by atoms with Gasteiger partial charge in [0.2, 0.25) is 0 Å². The van der Waals surface area contributed by atoms with E-state index in [9.17, 15) is 0 Å². The summed E-state index contributed by atoms with van der Waals surface area (Å²) >= 11 is 2.21. The molecule has 0 spiro atoms. The minimum Gasteiger partial charge on any atom is -1.00 e. The van der Waals surface area contributed by atoms with Crippen molar-refractivity contribution in [1.29, 1.82) is 0 Å². The molecule has 2 rings (SSSR count). The van der Waals surface area contributed by atoms with Gasteiger partial charge >= 0.3 is 104 Å². The molecular formula is C14H15Cl3Ti. The molecule has 4 heteroatoms. The first kappa shape index (κ1) is 20.6. The monoisotopic (exact) mass is 336 g/mol. The predicted octanol–water partition coefficient (Wildman–Crippen LogP) is -5.38. The Morgan fingerprint density at radius 1 is 1.06 bits per heavy atom. The maximum absolute atomic E-state index is 2.26. The van der Waals surface area contributed by atoms with Crippen LogP contribution in [-0.4, -0.2) is 0 Å². The fourth-order valence-corrected chi connectivity index (χ4v) is 2.54. The molecule has 0 radical (unpaired) electrons. The Kier molecular flexibility index (Phi) is 10.6. The summed E-state index contributed by atoms with van der Waals surface area (Å²) in [5, 5.41) is 0. The fourth-order valence-electron chi connectivity index (χ4n) is 2.06. The molecule has 0 atom stereocenters. The van der Waals surface area contributed by atoms with Crippen LogP contribution in [0, 0.1) is 13.8 Å². The number of aryl methyl sites for hydroxylation is 2. The third-order valence-electron chi connectivity index (χ3n) is 3.06. The van der Waals surface area contributed by atoms with Gasteiger partial charge in [0.15, 0.2) is 0 Å². The second-order valence-electron chi connectivity index (χ2n) is 4.17. The van der Waals surface area contributed by atoms with Crippen molar-refractivity contribution in [3.63, 3.8) is 0 Å². The molecule has 1 aliphatic rings. The van der Waals surface area contributed by atoms with Crippen molar-refractivity contribution in [2.75, 3.05) is 0 Å². The molecule has 0 aliphatic heterocycles. The van der Waals surface area contributed by atoms with Crippen LogP contribution >= 0.6 is 0 Å². The first-order valence-corrected chi connectivity index (χ1v) is 6.12. The van der Waals surface area contributed by atoms with Crippen LogP contribution in [0.5, 0.6) is 0 Å². The summed E-state index contributed by atoms with van der Waals surface area (Å²) in [7, 11) is 0. The van der Waals surface area contributed by atoms with Crippen molar-refractivity contribution in [3.8, 4) is 0 Å². The molecule has 0 unspecified atom stereocenters. The Bertz CT molecular complexity index is 430. The maximum atomic E-state index is 2.26. The van der Waals surface area contributed by atoms with Crippen LogP contribution in [-0.2, 0) is 26.9 Å². The van der Waals surface area contributed by atoms with Gasteiger partial charge in [-0.25, -0.2) is 0 Å². The van der Waals surface area contributed by atoms with Crippen LogP contribution in [0.3, 0.4) is 0 Å². The van der Waals surface area contributed by atoms with Gasteiger partial charge in [-0.2, -0.15) is 0 Å². The van der Waals surface area contributed by atoms with Gasteiger partial charge in [-0.1, -0.05) is 0 Å². The molecule has 0 heterocycles. The van der Waals surface area contributed by atoms with Crippen molar-refractivity contribution in [3.05, 3.63) is 56.5 Å². The largest absolute Gasteiger partial charge is 1.00 e. The average Bonchev–Trinajstić information content (AvgIpc) is 2.58. The molecule has 1 aliphatic carbocycles. The molecular weight excluding hydrogens is 322 g/mol. The number of rotatable bonds is 2. The van der Waals surface area contributed by atoms with Gasteiger partial charge in [-0.05, 0) is 0 Å². The molecule has 0 amide bonds. The Hall–Kier alpha value is 0.284. The van der Waals surface area contributed by atoms with E-state index in [0.29, 0.717) is 0 Å². The van der Waals surface area contributed by atoms with Crippen molar-refractivity contribution < 1.29 is 57.7 Å². The standard InChI is InChI=1S/C14H15.3ClH.Ti/c1-11-6-5-7-12(2)14(11)10-13-8-3-4-9-13;;;;/h3-7H,8,10H2,1-2H3;3*1H;/q;;;;+3/p-3. The van der Waals surface area contributed by atoms with Gasteiger partial charge in [-0.3, -0.25) is 0 Å². The maximum Gasteiger partial charge on any atom is -1.00 e. The minimum atomic E-state index is 0. The SMILES string of the molecule is Cc1cccc(C)c1CC1=[C]([Ti+3])C=CC1.[Cl-].[Cl-].[Cl-]. The predicted molar refractivity (Wildman–Crippen MR) is 60.4 cm³/mol. The zero-order valence-electron chi connectivity index (χ0n) is 10.4. The molecule has 18 heavy (non-hydrogen) atoms. The van der Waals surface area contributed by atoms with E-state index >= 15 is 0 Å². The molecule has 0 bridgehead atoms. The molecule has 0 saturated heterocycles. The van der Waals surface area contributed by atoms with Gasteiger partial charge in [0.1, 0.15) is 0 Å². The van der Waals surface area contributed by atoms with Gasteiger partial charge in [0.05, 0.1) is 0 Å². The number of benzene rings is 1. The van der Waals surface area contributed by atoms with E-state index in [1.165, 1.54) is 20.6 Å². The number of allylic oxidation sites excluding steroid dienone is 4. The van der Waals surface area contributed by atoms with E-state index in [1.807, 2.05) is 0 Å². The summed E-state index contributed by atoms with van der Waals surface area (Å²) < 4.78 is 1.46. The Morgan fingerprint density at radius 2 is 1.61 bits per heavy atom. The summed E-state index contributed by atoms with van der Waals surface area (Å²) in [4.78, 5) is 0. The van der Waals surface area contributed by atoms with E-state index in [0.717, 1.165) is 12.8 Å². The molecule has 1 aromatic rings. The third-order valence-corrected chi connectivity index (χ3v) is 3.88. The van der Waals surface area contributed by atoms with Crippen LogP contribution in [0.15, 0.2) is 39.8 Å². The molecule has 0 fully saturated rings. The second-order valence-corrected chi connectivity index (χ2v) is 5.01. The Labute approximate surface area is 140 Å². The molecule has 0 aromatic heterocycles. The van der Waals surface area contributed by atoms with Crippen LogP contribution in [0.2, 0.25) is 0 Å². The van der Waals surface area contributed by atoms with E-state index in [2.05, 4.69) is 64.6 Å². The summed E-state index contributed by atoms with van der Waals surface area (Å²) in [6, 6.07) is 6.56. The molecule has 96 valence electrons. The van der Waals surface area contributed by atoms with Crippen LogP contribution in [0.1, 0.15) is 23.1 Å². The van der Waals surface area contributed by atoms with Crippen molar-refractivity contribution in [2.24, 2.45) is 0 Å². The summed E-state index contributed by atoms with van der Waals surface area (Å²) in [6.45, 7) is 4.42. The van der Waals surface area contributed by atoms with Gasteiger partial charge in [0.25, 0.3) is 0 Å². The second kappa shape index (κ2) is 9.23. The van der Waals surface area contributed by atoms with Gasteiger partial charge in [-0.15, -0.1) is 0 Å².